The fraction of sp³-hybridized carbons (Fsp3) is 0.0526. The van der Waals surface area contributed by atoms with Gasteiger partial charge in [-0.15, -0.1) is 0 Å². The van der Waals surface area contributed by atoms with Crippen LogP contribution in [0.5, 0.6) is 0 Å². The van der Waals surface area contributed by atoms with Crippen LogP contribution in [-0.2, 0) is 0 Å². The van der Waals surface area contributed by atoms with Gasteiger partial charge in [-0.05, 0) is 36.8 Å². The number of benzene rings is 2. The van der Waals surface area contributed by atoms with Gasteiger partial charge in [0.15, 0.2) is 0 Å². The van der Waals surface area contributed by atoms with Crippen molar-refractivity contribution in [1.29, 1.82) is 0 Å². The Labute approximate surface area is 140 Å². The van der Waals surface area contributed by atoms with Crippen molar-refractivity contribution in [3.63, 3.8) is 0 Å². The first-order valence-electron chi connectivity index (χ1n) is 7.52. The van der Waals surface area contributed by atoms with E-state index < -0.39 is 17.0 Å². The van der Waals surface area contributed by atoms with Gasteiger partial charge in [-0.1, -0.05) is 18.2 Å². The molecule has 0 aliphatic heterocycles. The lowest BCUT2D eigenvalue weighted by Crippen LogP contribution is -2.11. The quantitative estimate of drug-likeness (QED) is 0.414. The molecular formula is C19H11NO5. The average molecular weight is 333 g/mol. The van der Waals surface area contributed by atoms with Crippen molar-refractivity contribution in [2.75, 3.05) is 0 Å². The van der Waals surface area contributed by atoms with E-state index in [1.807, 2.05) is 0 Å². The number of ketones is 1. The van der Waals surface area contributed by atoms with Crippen LogP contribution in [0.2, 0.25) is 0 Å². The fourth-order valence-corrected chi connectivity index (χ4v) is 2.71. The van der Waals surface area contributed by atoms with Crippen LogP contribution in [0, 0.1) is 6.92 Å². The second-order valence-corrected chi connectivity index (χ2v) is 5.61. The van der Waals surface area contributed by atoms with E-state index >= 15 is 0 Å². The Hall–Kier alpha value is -3.54. The summed E-state index contributed by atoms with van der Waals surface area (Å²) in [7, 11) is 0. The first kappa shape index (κ1) is 15.0. The van der Waals surface area contributed by atoms with Crippen LogP contribution in [0.1, 0.15) is 21.8 Å². The Morgan fingerprint density at radius 3 is 2.60 bits per heavy atom. The van der Waals surface area contributed by atoms with Gasteiger partial charge in [0.05, 0.1) is 10.9 Å². The number of hydrogen-bond donors (Lipinski definition) is 0. The number of carbonyl (C=O) groups is 1. The number of hydrogen-bond acceptors (Lipinski definition) is 6. The Morgan fingerprint density at radius 2 is 1.76 bits per heavy atom. The maximum atomic E-state index is 12.6. The molecule has 0 spiro atoms. The molecule has 0 aliphatic rings. The van der Waals surface area contributed by atoms with Gasteiger partial charge >= 0.3 is 11.3 Å². The van der Waals surface area contributed by atoms with Crippen LogP contribution in [0.15, 0.2) is 67.0 Å². The van der Waals surface area contributed by atoms with E-state index in [0.717, 1.165) is 10.9 Å². The number of aryl methyl sites for hydroxylation is 1. The molecule has 0 radical (unpaired) electrons. The molecule has 0 atom stereocenters. The molecule has 0 saturated carbocycles. The summed E-state index contributed by atoms with van der Waals surface area (Å²) < 4.78 is 10.2. The molecule has 6 nitrogen and oxygen atoms in total. The highest BCUT2D eigenvalue weighted by Gasteiger charge is 2.17. The van der Waals surface area contributed by atoms with Crippen LogP contribution < -0.4 is 11.3 Å². The number of fused-ring (bicyclic) bond motifs is 2. The predicted octanol–water partition coefficient (Wildman–Crippen LogP) is 2.83. The Morgan fingerprint density at radius 1 is 0.960 bits per heavy atom. The largest absolute Gasteiger partial charge is 0.423 e. The lowest BCUT2D eigenvalue weighted by Gasteiger charge is -2.04. The van der Waals surface area contributed by atoms with Gasteiger partial charge in [-0.3, -0.25) is 4.79 Å². The molecule has 4 rings (SSSR count). The molecule has 2 heterocycles. The first-order valence-corrected chi connectivity index (χ1v) is 7.52. The minimum atomic E-state index is -0.628. The molecule has 0 saturated heterocycles. The lowest BCUT2D eigenvalue weighted by molar-refractivity contribution is 0.0997. The van der Waals surface area contributed by atoms with Crippen molar-refractivity contribution in [3.05, 3.63) is 86.4 Å². The van der Waals surface area contributed by atoms with Gasteiger partial charge < -0.3 is 8.83 Å². The van der Waals surface area contributed by atoms with Crippen LogP contribution in [0.3, 0.4) is 0 Å². The second kappa shape index (κ2) is 5.52. The number of nitrogens with zero attached hydrogens (tertiary/aromatic N) is 1. The Kier molecular flexibility index (Phi) is 3.32. The molecule has 0 fully saturated rings. The van der Waals surface area contributed by atoms with Gasteiger partial charge in [-0.2, -0.15) is 0 Å². The second-order valence-electron chi connectivity index (χ2n) is 5.61. The van der Waals surface area contributed by atoms with E-state index in [-0.39, 0.29) is 11.5 Å². The minimum absolute atomic E-state index is 0.215. The summed E-state index contributed by atoms with van der Waals surface area (Å²) >= 11 is 0. The van der Waals surface area contributed by atoms with Crippen molar-refractivity contribution in [2.24, 2.45) is 0 Å². The summed E-state index contributed by atoms with van der Waals surface area (Å²) in [6.07, 6.45) is 0. The monoisotopic (exact) mass is 333 g/mol. The van der Waals surface area contributed by atoms with Crippen molar-refractivity contribution in [3.8, 4) is 0 Å². The molecule has 6 heteroatoms. The lowest BCUT2D eigenvalue weighted by atomic mass is 10.1. The molecule has 122 valence electrons. The molecule has 0 aliphatic carbocycles. The third kappa shape index (κ3) is 2.53. The number of carbonyl (C=O) groups excluding carboxylic acids is 1. The first-order chi connectivity index (χ1) is 12.0. The summed E-state index contributed by atoms with van der Waals surface area (Å²) in [5.74, 6) is -0.869. The third-order valence-corrected chi connectivity index (χ3v) is 3.94. The van der Waals surface area contributed by atoms with E-state index in [9.17, 15) is 14.4 Å². The molecule has 4 aromatic rings. The molecule has 2 aromatic carbocycles. The third-order valence-electron chi connectivity index (χ3n) is 3.94. The van der Waals surface area contributed by atoms with Crippen LogP contribution in [0.25, 0.3) is 21.9 Å². The summed E-state index contributed by atoms with van der Waals surface area (Å²) in [4.78, 5) is 40.3. The molecule has 0 N–H and O–H groups in total. The summed E-state index contributed by atoms with van der Waals surface area (Å²) in [5, 5.41) is 1.03. The highest BCUT2D eigenvalue weighted by atomic mass is 16.4. The van der Waals surface area contributed by atoms with E-state index in [0.29, 0.717) is 16.5 Å². The predicted molar refractivity (Wildman–Crippen MR) is 90.9 cm³/mol. The van der Waals surface area contributed by atoms with Crippen LogP contribution >= 0.6 is 0 Å². The Bertz CT molecular complexity index is 1270. The van der Waals surface area contributed by atoms with Crippen molar-refractivity contribution >= 4 is 27.7 Å². The SMILES string of the molecule is Cc1cc(=O)oc2cc(C(=O)c3nc4ccccc4c(=O)o3)ccc12. The molecule has 0 amide bonds. The summed E-state index contributed by atoms with van der Waals surface area (Å²) in [5.41, 5.74) is 0.513. The molecule has 25 heavy (non-hydrogen) atoms. The highest BCUT2D eigenvalue weighted by molar-refractivity contribution is 6.08. The normalized spacial score (nSPS) is 11.1. The van der Waals surface area contributed by atoms with Crippen molar-refractivity contribution < 1.29 is 13.6 Å². The summed E-state index contributed by atoms with van der Waals surface area (Å²) in [6, 6.07) is 12.7. The van der Waals surface area contributed by atoms with E-state index in [1.165, 1.54) is 12.1 Å². The fourth-order valence-electron chi connectivity index (χ4n) is 2.71. The molecular weight excluding hydrogens is 322 g/mol. The topological polar surface area (TPSA) is 90.4 Å². The van der Waals surface area contributed by atoms with Gasteiger partial charge in [0, 0.05) is 17.0 Å². The number of para-hydroxylation sites is 1. The Balaban J connectivity index is 1.87. The van der Waals surface area contributed by atoms with E-state index in [1.54, 1.807) is 43.3 Å². The van der Waals surface area contributed by atoms with Gasteiger partial charge in [0.25, 0.3) is 5.89 Å². The standard InChI is InChI=1S/C19H11NO5/c1-10-8-16(21)24-15-9-11(6-7-12(10)15)17(22)18-20-14-5-3-2-4-13(14)19(23)25-18/h2-9H,1H3. The molecule has 0 bridgehead atoms. The van der Waals surface area contributed by atoms with Crippen LogP contribution in [-0.4, -0.2) is 10.8 Å². The van der Waals surface area contributed by atoms with Gasteiger partial charge in [-0.25, -0.2) is 14.6 Å². The zero-order valence-corrected chi connectivity index (χ0v) is 13.1. The smallest absolute Gasteiger partial charge is 0.347 e. The van der Waals surface area contributed by atoms with Crippen LogP contribution in [0.4, 0.5) is 0 Å². The summed E-state index contributed by atoms with van der Waals surface area (Å²) in [6.45, 7) is 1.78. The minimum Gasteiger partial charge on any atom is -0.423 e. The average Bonchev–Trinajstić information content (AvgIpc) is 2.60. The van der Waals surface area contributed by atoms with Gasteiger partial charge in [0.1, 0.15) is 5.58 Å². The van der Waals surface area contributed by atoms with E-state index in [4.69, 9.17) is 8.83 Å². The van der Waals surface area contributed by atoms with Crippen molar-refractivity contribution in [2.45, 2.75) is 6.92 Å². The zero-order chi connectivity index (χ0) is 17.6. The number of aromatic nitrogens is 1. The maximum Gasteiger partial charge on any atom is 0.347 e. The zero-order valence-electron chi connectivity index (χ0n) is 13.1. The molecule has 0 unspecified atom stereocenters. The van der Waals surface area contributed by atoms with E-state index in [2.05, 4.69) is 4.98 Å². The van der Waals surface area contributed by atoms with Gasteiger partial charge in [0.2, 0.25) is 5.78 Å². The maximum absolute atomic E-state index is 12.6. The van der Waals surface area contributed by atoms with Crippen molar-refractivity contribution in [1.82, 2.24) is 4.98 Å². The molecule has 2 aromatic heterocycles. The highest BCUT2D eigenvalue weighted by Crippen LogP contribution is 2.20. The number of rotatable bonds is 2.